The van der Waals surface area contributed by atoms with Gasteiger partial charge in [0.25, 0.3) is 0 Å². The summed E-state index contributed by atoms with van der Waals surface area (Å²) < 4.78 is 26.7. The van der Waals surface area contributed by atoms with E-state index in [2.05, 4.69) is 20.7 Å². The van der Waals surface area contributed by atoms with Gasteiger partial charge in [0.15, 0.2) is 0 Å². The van der Waals surface area contributed by atoms with Crippen LogP contribution in [0.3, 0.4) is 0 Å². The normalized spacial score (nSPS) is 11.5. The van der Waals surface area contributed by atoms with Gasteiger partial charge in [-0.25, -0.2) is 8.42 Å². The zero-order valence-corrected chi connectivity index (χ0v) is 12.0. The van der Waals surface area contributed by atoms with Crippen LogP contribution in [0.1, 0.15) is 18.4 Å². The second-order valence-electron chi connectivity index (χ2n) is 3.87. The molecule has 0 heterocycles. The fraction of sp³-hybridized carbons (Fsp3) is 0.455. The molecule has 0 saturated carbocycles. The summed E-state index contributed by atoms with van der Waals surface area (Å²) in [6.07, 6.45) is 0.956. The first kappa shape index (κ1) is 14.5. The van der Waals surface area contributed by atoms with Crippen LogP contribution < -0.4 is 4.72 Å². The van der Waals surface area contributed by atoms with Crippen LogP contribution in [-0.2, 0) is 10.0 Å². The van der Waals surface area contributed by atoms with Gasteiger partial charge in [0, 0.05) is 16.8 Å². The number of hydrogen-bond donors (Lipinski definition) is 2. The van der Waals surface area contributed by atoms with E-state index in [0.29, 0.717) is 18.5 Å². The van der Waals surface area contributed by atoms with Gasteiger partial charge in [-0.2, -0.15) is 0 Å². The Labute approximate surface area is 110 Å². The maximum atomic E-state index is 11.7. The maximum Gasteiger partial charge on any atom is 0.232 e. The van der Waals surface area contributed by atoms with Crippen LogP contribution in [0, 0.1) is 6.92 Å². The van der Waals surface area contributed by atoms with E-state index in [1.165, 1.54) is 0 Å². The number of aliphatic hydroxyl groups excluding tert-OH is 1. The largest absolute Gasteiger partial charge is 0.396 e. The van der Waals surface area contributed by atoms with E-state index >= 15 is 0 Å². The Morgan fingerprint density at radius 3 is 2.59 bits per heavy atom. The summed E-state index contributed by atoms with van der Waals surface area (Å²) in [5.74, 6) is 0.0269. The summed E-state index contributed by atoms with van der Waals surface area (Å²) in [5, 5.41) is 8.60. The van der Waals surface area contributed by atoms with Crippen LogP contribution >= 0.6 is 15.9 Å². The topological polar surface area (TPSA) is 66.4 Å². The summed E-state index contributed by atoms with van der Waals surface area (Å²) in [5.41, 5.74) is 1.54. The molecular formula is C11H16BrNO3S. The monoisotopic (exact) mass is 321 g/mol. The minimum absolute atomic E-state index is 0.0194. The number of nitrogens with one attached hydrogen (secondary N) is 1. The van der Waals surface area contributed by atoms with Crippen LogP contribution in [0.25, 0.3) is 0 Å². The SMILES string of the molecule is Cc1cc(Br)cc(NS(=O)(=O)CCCCO)c1. The van der Waals surface area contributed by atoms with Crippen molar-refractivity contribution < 1.29 is 13.5 Å². The van der Waals surface area contributed by atoms with Gasteiger partial charge in [-0.1, -0.05) is 15.9 Å². The molecule has 0 atom stereocenters. The lowest BCUT2D eigenvalue weighted by Crippen LogP contribution is -2.17. The van der Waals surface area contributed by atoms with Crippen molar-refractivity contribution >= 4 is 31.6 Å². The molecule has 0 fully saturated rings. The molecule has 0 aliphatic heterocycles. The summed E-state index contributed by atoms with van der Waals surface area (Å²) in [4.78, 5) is 0. The van der Waals surface area contributed by atoms with Gasteiger partial charge >= 0.3 is 0 Å². The quantitative estimate of drug-likeness (QED) is 0.790. The summed E-state index contributed by atoms with van der Waals surface area (Å²) >= 11 is 3.32. The van der Waals surface area contributed by atoms with E-state index in [-0.39, 0.29) is 12.4 Å². The van der Waals surface area contributed by atoms with E-state index in [1.807, 2.05) is 13.0 Å². The van der Waals surface area contributed by atoms with Crippen LogP contribution in [0.4, 0.5) is 5.69 Å². The van der Waals surface area contributed by atoms with Crippen LogP contribution in [0.5, 0.6) is 0 Å². The second-order valence-corrected chi connectivity index (χ2v) is 6.63. The highest BCUT2D eigenvalue weighted by Gasteiger charge is 2.10. The third-order valence-electron chi connectivity index (χ3n) is 2.14. The van der Waals surface area contributed by atoms with Crippen molar-refractivity contribution in [3.05, 3.63) is 28.2 Å². The molecule has 1 aromatic carbocycles. The Morgan fingerprint density at radius 1 is 1.29 bits per heavy atom. The Kier molecular flexibility index (Phi) is 5.42. The lowest BCUT2D eigenvalue weighted by atomic mass is 10.2. The van der Waals surface area contributed by atoms with Gasteiger partial charge in [0.2, 0.25) is 10.0 Å². The van der Waals surface area contributed by atoms with Gasteiger partial charge in [0.1, 0.15) is 0 Å². The third kappa shape index (κ3) is 5.52. The number of hydrogen-bond acceptors (Lipinski definition) is 3. The Balaban J connectivity index is 2.69. The highest BCUT2D eigenvalue weighted by molar-refractivity contribution is 9.10. The molecule has 17 heavy (non-hydrogen) atoms. The standard InChI is InChI=1S/C11H16BrNO3S/c1-9-6-10(12)8-11(7-9)13-17(15,16)5-3-2-4-14/h6-8,13-14H,2-5H2,1H3. The number of anilines is 1. The molecule has 0 aromatic heterocycles. The summed E-state index contributed by atoms with van der Waals surface area (Å²) in [6, 6.07) is 5.40. The van der Waals surface area contributed by atoms with Crippen molar-refractivity contribution in [3.63, 3.8) is 0 Å². The number of aliphatic hydroxyl groups is 1. The number of aryl methyl sites for hydroxylation is 1. The number of rotatable bonds is 6. The van der Waals surface area contributed by atoms with Crippen molar-refractivity contribution in [3.8, 4) is 0 Å². The molecule has 1 aromatic rings. The zero-order valence-electron chi connectivity index (χ0n) is 9.61. The number of benzene rings is 1. The van der Waals surface area contributed by atoms with Crippen LogP contribution in [0.2, 0.25) is 0 Å². The molecule has 0 aliphatic carbocycles. The molecule has 6 heteroatoms. The highest BCUT2D eigenvalue weighted by atomic mass is 79.9. The van der Waals surface area contributed by atoms with E-state index < -0.39 is 10.0 Å². The Bertz CT molecular complexity index is 453. The molecule has 0 radical (unpaired) electrons. The Hall–Kier alpha value is -0.590. The predicted octanol–water partition coefficient (Wildman–Crippen LogP) is 2.27. The number of sulfonamides is 1. The van der Waals surface area contributed by atoms with Crippen molar-refractivity contribution in [2.75, 3.05) is 17.1 Å². The summed E-state index contributed by atoms with van der Waals surface area (Å²) in [7, 11) is -3.32. The van der Waals surface area contributed by atoms with Gasteiger partial charge in [0.05, 0.1) is 5.75 Å². The molecule has 0 unspecified atom stereocenters. The fourth-order valence-corrected chi connectivity index (χ4v) is 3.20. The highest BCUT2D eigenvalue weighted by Crippen LogP contribution is 2.20. The predicted molar refractivity (Wildman–Crippen MR) is 72.6 cm³/mol. The van der Waals surface area contributed by atoms with E-state index in [0.717, 1.165) is 10.0 Å². The second kappa shape index (κ2) is 6.37. The third-order valence-corrected chi connectivity index (χ3v) is 3.97. The maximum absolute atomic E-state index is 11.7. The first-order chi connectivity index (χ1) is 7.93. The molecule has 1 rings (SSSR count). The van der Waals surface area contributed by atoms with Gasteiger partial charge < -0.3 is 5.11 Å². The summed E-state index contributed by atoms with van der Waals surface area (Å²) in [6.45, 7) is 1.92. The van der Waals surface area contributed by atoms with E-state index in [1.54, 1.807) is 12.1 Å². The molecule has 96 valence electrons. The molecular weight excluding hydrogens is 306 g/mol. The molecule has 0 bridgehead atoms. The first-order valence-electron chi connectivity index (χ1n) is 5.31. The minimum atomic E-state index is -3.32. The number of halogens is 1. The molecule has 2 N–H and O–H groups in total. The van der Waals surface area contributed by atoms with Crippen molar-refractivity contribution in [1.29, 1.82) is 0 Å². The first-order valence-corrected chi connectivity index (χ1v) is 7.76. The molecule has 0 saturated heterocycles. The van der Waals surface area contributed by atoms with Gasteiger partial charge in [-0.05, 0) is 43.5 Å². The molecule has 0 spiro atoms. The van der Waals surface area contributed by atoms with E-state index in [4.69, 9.17) is 5.11 Å². The fourth-order valence-electron chi connectivity index (χ4n) is 1.43. The number of unbranched alkanes of at least 4 members (excludes halogenated alkanes) is 1. The smallest absolute Gasteiger partial charge is 0.232 e. The van der Waals surface area contributed by atoms with Crippen molar-refractivity contribution in [2.24, 2.45) is 0 Å². The Morgan fingerprint density at radius 2 is 2.00 bits per heavy atom. The van der Waals surface area contributed by atoms with Gasteiger partial charge in [-0.15, -0.1) is 0 Å². The average molecular weight is 322 g/mol. The van der Waals surface area contributed by atoms with Crippen molar-refractivity contribution in [2.45, 2.75) is 19.8 Å². The lowest BCUT2D eigenvalue weighted by Gasteiger charge is -2.09. The molecule has 4 nitrogen and oxygen atoms in total. The average Bonchev–Trinajstić information content (AvgIpc) is 2.14. The van der Waals surface area contributed by atoms with E-state index in [9.17, 15) is 8.42 Å². The molecule has 0 amide bonds. The lowest BCUT2D eigenvalue weighted by molar-refractivity contribution is 0.287. The minimum Gasteiger partial charge on any atom is -0.396 e. The van der Waals surface area contributed by atoms with Gasteiger partial charge in [-0.3, -0.25) is 4.72 Å². The zero-order chi connectivity index (χ0) is 12.9. The van der Waals surface area contributed by atoms with Crippen molar-refractivity contribution in [1.82, 2.24) is 0 Å². The molecule has 0 aliphatic rings. The van der Waals surface area contributed by atoms with Crippen LogP contribution in [-0.4, -0.2) is 25.9 Å². The van der Waals surface area contributed by atoms with Crippen LogP contribution in [0.15, 0.2) is 22.7 Å².